The van der Waals surface area contributed by atoms with Gasteiger partial charge in [0, 0.05) is 0 Å². The molecule has 0 saturated carbocycles. The van der Waals surface area contributed by atoms with Gasteiger partial charge < -0.3 is 9.47 Å². The van der Waals surface area contributed by atoms with Crippen molar-refractivity contribution in [1.29, 1.82) is 0 Å². The van der Waals surface area contributed by atoms with Crippen LogP contribution in [0.3, 0.4) is 0 Å². The molecule has 0 radical (unpaired) electrons. The van der Waals surface area contributed by atoms with Crippen molar-refractivity contribution >= 4 is 15.9 Å². The summed E-state index contributed by atoms with van der Waals surface area (Å²) in [7, 11) is -4.37. The zero-order valence-electron chi connectivity index (χ0n) is 8.38. The first-order valence-corrected chi connectivity index (χ1v) is 6.20. The Bertz CT molecular complexity index is 316. The molecular weight excluding hydrogens is 224 g/mol. The number of ether oxygens (including phenoxy) is 2. The first-order valence-electron chi connectivity index (χ1n) is 4.70. The Morgan fingerprint density at radius 1 is 1.47 bits per heavy atom. The van der Waals surface area contributed by atoms with E-state index >= 15 is 0 Å². The lowest BCUT2D eigenvalue weighted by Crippen LogP contribution is -2.38. The van der Waals surface area contributed by atoms with Crippen LogP contribution in [0.15, 0.2) is 0 Å². The van der Waals surface area contributed by atoms with E-state index in [1.165, 1.54) is 0 Å². The van der Waals surface area contributed by atoms with Crippen LogP contribution in [-0.4, -0.2) is 43.5 Å². The van der Waals surface area contributed by atoms with Gasteiger partial charge >= 0.3 is 0 Å². The average molecular weight is 238 g/mol. The summed E-state index contributed by atoms with van der Waals surface area (Å²) >= 11 is 0. The fourth-order valence-corrected chi connectivity index (χ4v) is 2.31. The largest absolute Gasteiger partial charge is 0.344 e. The molecule has 0 amide bonds. The molecule has 0 aromatic heterocycles. The van der Waals surface area contributed by atoms with Gasteiger partial charge in [0.25, 0.3) is 10.1 Å². The lowest BCUT2D eigenvalue weighted by molar-refractivity contribution is -0.144. The van der Waals surface area contributed by atoms with Crippen LogP contribution in [0.2, 0.25) is 0 Å². The van der Waals surface area contributed by atoms with Crippen LogP contribution in [-0.2, 0) is 24.4 Å². The van der Waals surface area contributed by atoms with E-state index < -0.39 is 27.4 Å². The summed E-state index contributed by atoms with van der Waals surface area (Å²) in [6, 6.07) is 0. The fourth-order valence-electron chi connectivity index (χ4n) is 1.37. The van der Waals surface area contributed by atoms with Gasteiger partial charge in [0.05, 0.1) is 13.2 Å². The van der Waals surface area contributed by atoms with Gasteiger partial charge in [-0.2, -0.15) is 8.42 Å². The Morgan fingerprint density at radius 2 is 2.00 bits per heavy atom. The summed E-state index contributed by atoms with van der Waals surface area (Å²) in [6.45, 7) is 2.25. The standard InChI is InChI=1S/C8H14O6S/c1-2-3-6(15(10,11)12)7(9)8-13-4-5-14-8/h6,8H,2-5H2,1H3,(H,10,11,12). The fraction of sp³-hybridized carbons (Fsp3) is 0.875. The maximum atomic E-state index is 11.6. The molecule has 88 valence electrons. The highest BCUT2D eigenvalue weighted by Gasteiger charge is 2.37. The second kappa shape index (κ2) is 5.02. The monoisotopic (exact) mass is 238 g/mol. The van der Waals surface area contributed by atoms with E-state index in [1.807, 2.05) is 0 Å². The highest BCUT2D eigenvalue weighted by molar-refractivity contribution is 7.87. The number of carbonyl (C=O) groups excluding carboxylic acids is 1. The zero-order valence-corrected chi connectivity index (χ0v) is 9.20. The Kier molecular flexibility index (Phi) is 4.21. The van der Waals surface area contributed by atoms with E-state index in [1.54, 1.807) is 6.92 Å². The topological polar surface area (TPSA) is 89.9 Å². The molecule has 1 rings (SSSR count). The molecule has 1 aliphatic rings. The molecule has 0 aliphatic carbocycles. The Labute approximate surface area is 88.3 Å². The maximum absolute atomic E-state index is 11.6. The van der Waals surface area contributed by atoms with E-state index in [0.717, 1.165) is 0 Å². The third-order valence-electron chi connectivity index (χ3n) is 2.08. The van der Waals surface area contributed by atoms with Crippen molar-refractivity contribution in [3.8, 4) is 0 Å². The lowest BCUT2D eigenvalue weighted by atomic mass is 10.2. The number of hydrogen-bond acceptors (Lipinski definition) is 5. The molecule has 1 fully saturated rings. The van der Waals surface area contributed by atoms with Crippen LogP contribution < -0.4 is 0 Å². The maximum Gasteiger partial charge on any atom is 0.275 e. The molecule has 0 aromatic rings. The van der Waals surface area contributed by atoms with Crippen molar-refractivity contribution in [2.45, 2.75) is 31.3 Å². The second-order valence-corrected chi connectivity index (χ2v) is 4.87. The van der Waals surface area contributed by atoms with E-state index in [0.29, 0.717) is 6.42 Å². The molecule has 1 unspecified atom stereocenters. The molecule has 15 heavy (non-hydrogen) atoms. The normalized spacial score (nSPS) is 20.4. The molecule has 0 bridgehead atoms. The summed E-state index contributed by atoms with van der Waals surface area (Å²) in [6.07, 6.45) is -0.604. The van der Waals surface area contributed by atoms with E-state index in [-0.39, 0.29) is 19.6 Å². The number of hydrogen-bond donors (Lipinski definition) is 1. The van der Waals surface area contributed by atoms with Crippen molar-refractivity contribution < 1.29 is 27.2 Å². The van der Waals surface area contributed by atoms with Gasteiger partial charge in [-0.3, -0.25) is 9.35 Å². The van der Waals surface area contributed by atoms with Gasteiger partial charge in [0.15, 0.2) is 0 Å². The number of Topliss-reactive ketones (excluding diaryl/α,β-unsaturated/α-hetero) is 1. The number of ketones is 1. The first-order chi connectivity index (χ1) is 6.96. The predicted octanol–water partition coefficient (Wildman–Crippen LogP) is -0.0151. The quantitative estimate of drug-likeness (QED) is 0.677. The smallest absolute Gasteiger partial charge is 0.275 e. The Morgan fingerprint density at radius 3 is 2.40 bits per heavy atom. The van der Waals surface area contributed by atoms with Crippen LogP contribution in [0.5, 0.6) is 0 Å². The van der Waals surface area contributed by atoms with E-state index in [4.69, 9.17) is 14.0 Å². The van der Waals surface area contributed by atoms with Gasteiger partial charge in [0.1, 0.15) is 5.25 Å². The van der Waals surface area contributed by atoms with Crippen molar-refractivity contribution in [2.75, 3.05) is 13.2 Å². The highest BCUT2D eigenvalue weighted by atomic mass is 32.2. The second-order valence-electron chi connectivity index (χ2n) is 3.27. The molecule has 0 aromatic carbocycles. The SMILES string of the molecule is CCCC(C(=O)C1OCCO1)S(=O)(=O)O. The summed E-state index contributed by atoms with van der Waals surface area (Å²) in [5.74, 6) is -0.725. The van der Waals surface area contributed by atoms with Crippen molar-refractivity contribution in [2.24, 2.45) is 0 Å². The van der Waals surface area contributed by atoms with Gasteiger partial charge in [0.2, 0.25) is 12.1 Å². The minimum Gasteiger partial charge on any atom is -0.344 e. The van der Waals surface area contributed by atoms with Crippen LogP contribution in [0.4, 0.5) is 0 Å². The van der Waals surface area contributed by atoms with Gasteiger partial charge in [-0.05, 0) is 6.42 Å². The summed E-state index contributed by atoms with van der Waals surface area (Å²) in [5.41, 5.74) is 0. The third kappa shape index (κ3) is 3.23. The van der Waals surface area contributed by atoms with Crippen LogP contribution in [0.1, 0.15) is 19.8 Å². The Balaban J connectivity index is 2.75. The summed E-state index contributed by atoms with van der Waals surface area (Å²) in [4.78, 5) is 11.6. The van der Waals surface area contributed by atoms with Gasteiger partial charge in [-0.1, -0.05) is 13.3 Å². The van der Waals surface area contributed by atoms with Crippen molar-refractivity contribution in [3.63, 3.8) is 0 Å². The average Bonchev–Trinajstić information content (AvgIpc) is 2.63. The third-order valence-corrected chi connectivity index (χ3v) is 3.27. The zero-order chi connectivity index (χ0) is 11.5. The highest BCUT2D eigenvalue weighted by Crippen LogP contribution is 2.15. The number of carbonyl (C=O) groups is 1. The molecule has 6 nitrogen and oxygen atoms in total. The van der Waals surface area contributed by atoms with Crippen LogP contribution >= 0.6 is 0 Å². The van der Waals surface area contributed by atoms with Crippen LogP contribution in [0.25, 0.3) is 0 Å². The van der Waals surface area contributed by atoms with Gasteiger partial charge in [-0.15, -0.1) is 0 Å². The summed E-state index contributed by atoms with van der Waals surface area (Å²) < 4.78 is 40.5. The Hall–Kier alpha value is -0.500. The lowest BCUT2D eigenvalue weighted by Gasteiger charge is -2.15. The molecule has 1 N–H and O–H groups in total. The molecule has 1 aliphatic heterocycles. The molecular formula is C8H14O6S. The molecule has 1 atom stereocenters. The van der Waals surface area contributed by atoms with Crippen molar-refractivity contribution in [3.05, 3.63) is 0 Å². The van der Waals surface area contributed by atoms with Crippen molar-refractivity contribution in [1.82, 2.24) is 0 Å². The van der Waals surface area contributed by atoms with Gasteiger partial charge in [-0.25, -0.2) is 0 Å². The first kappa shape index (κ1) is 12.6. The molecule has 1 saturated heterocycles. The molecule has 0 spiro atoms. The number of rotatable bonds is 5. The minimum absolute atomic E-state index is 0.0703. The van der Waals surface area contributed by atoms with E-state index in [9.17, 15) is 13.2 Å². The molecule has 7 heteroatoms. The van der Waals surface area contributed by atoms with Crippen LogP contribution in [0, 0.1) is 0 Å². The predicted molar refractivity (Wildman–Crippen MR) is 50.9 cm³/mol. The molecule has 1 heterocycles. The minimum atomic E-state index is -4.37. The van der Waals surface area contributed by atoms with E-state index in [2.05, 4.69) is 0 Å². The summed E-state index contributed by atoms with van der Waals surface area (Å²) in [5, 5.41) is -1.44.